The molecule has 3 fully saturated rings. The van der Waals surface area contributed by atoms with Crippen LogP contribution in [-0.2, 0) is 0 Å². The molecule has 0 aromatic heterocycles. The first-order chi connectivity index (χ1) is 10.4. The van der Waals surface area contributed by atoms with E-state index in [1.165, 1.54) is 0 Å². The molecule has 124 valence electrons. The van der Waals surface area contributed by atoms with E-state index in [0.29, 0.717) is 29.9 Å². The average molecular weight is 306 g/mol. The third kappa shape index (κ3) is 1.81. The van der Waals surface area contributed by atoms with Crippen LogP contribution in [0.15, 0.2) is 11.3 Å². The zero-order chi connectivity index (χ0) is 15.7. The minimum atomic E-state index is -0.274. The molecule has 3 nitrogen and oxygen atoms in total. The second-order valence-electron chi connectivity index (χ2n) is 8.96. The number of fused-ring (bicyclic) bond motifs is 5. The molecule has 0 aromatic rings. The first-order valence-corrected chi connectivity index (χ1v) is 9.14. The molecule has 0 amide bonds. The third-order valence-electron chi connectivity index (χ3n) is 8.11. The Kier molecular flexibility index (Phi) is 3.23. The highest BCUT2D eigenvalue weighted by atomic mass is 16.3. The lowest BCUT2D eigenvalue weighted by Gasteiger charge is -2.57. The Morgan fingerprint density at radius 1 is 0.909 bits per heavy atom. The maximum atomic E-state index is 10.7. The van der Waals surface area contributed by atoms with Crippen molar-refractivity contribution in [2.24, 2.45) is 28.6 Å². The molecule has 0 unspecified atom stereocenters. The number of hydrogen-bond donors (Lipinski definition) is 3. The van der Waals surface area contributed by atoms with Crippen LogP contribution >= 0.6 is 0 Å². The summed E-state index contributed by atoms with van der Waals surface area (Å²) in [4.78, 5) is 0. The Morgan fingerprint density at radius 3 is 2.45 bits per heavy atom. The predicted molar refractivity (Wildman–Crippen MR) is 85.3 cm³/mol. The fourth-order valence-electron chi connectivity index (χ4n) is 6.73. The van der Waals surface area contributed by atoms with Gasteiger partial charge in [0.15, 0.2) is 0 Å². The van der Waals surface area contributed by atoms with Gasteiger partial charge in [0.05, 0.1) is 18.0 Å². The molecule has 0 saturated heterocycles. The molecule has 0 aliphatic heterocycles. The second kappa shape index (κ2) is 4.73. The summed E-state index contributed by atoms with van der Waals surface area (Å²) in [5.41, 5.74) is 1.28. The van der Waals surface area contributed by atoms with E-state index >= 15 is 0 Å². The summed E-state index contributed by atoms with van der Waals surface area (Å²) in [6, 6.07) is 0. The molecule has 7 atom stereocenters. The molecule has 22 heavy (non-hydrogen) atoms. The Morgan fingerprint density at radius 2 is 1.68 bits per heavy atom. The molecule has 0 radical (unpaired) electrons. The number of aliphatic hydroxyl groups excluding tert-OH is 3. The van der Waals surface area contributed by atoms with E-state index in [1.54, 1.807) is 0 Å². The van der Waals surface area contributed by atoms with E-state index < -0.39 is 0 Å². The normalized spacial score (nSPS) is 54.6. The second-order valence-corrected chi connectivity index (χ2v) is 8.96. The van der Waals surface area contributed by atoms with Gasteiger partial charge in [-0.1, -0.05) is 13.8 Å². The van der Waals surface area contributed by atoms with Crippen molar-refractivity contribution in [1.29, 1.82) is 0 Å². The van der Waals surface area contributed by atoms with Crippen LogP contribution < -0.4 is 0 Å². The molecule has 3 heteroatoms. The zero-order valence-electron chi connectivity index (χ0n) is 13.9. The van der Waals surface area contributed by atoms with Crippen molar-refractivity contribution >= 4 is 0 Å². The highest BCUT2D eigenvalue weighted by Gasteiger charge is 2.59. The van der Waals surface area contributed by atoms with E-state index in [-0.39, 0.29) is 23.0 Å². The van der Waals surface area contributed by atoms with E-state index in [1.807, 2.05) is 0 Å². The summed E-state index contributed by atoms with van der Waals surface area (Å²) in [5, 5.41) is 31.2. The first-order valence-electron chi connectivity index (χ1n) is 9.14. The summed E-state index contributed by atoms with van der Waals surface area (Å²) in [6.07, 6.45) is 7.19. The predicted octanol–water partition coefficient (Wildman–Crippen LogP) is 3.56. The molecule has 0 heterocycles. The van der Waals surface area contributed by atoms with Crippen molar-refractivity contribution < 1.29 is 15.3 Å². The van der Waals surface area contributed by atoms with Gasteiger partial charge in [-0.3, -0.25) is 0 Å². The van der Waals surface area contributed by atoms with Crippen molar-refractivity contribution in [2.45, 2.75) is 77.4 Å². The average Bonchev–Trinajstić information content (AvgIpc) is 2.77. The van der Waals surface area contributed by atoms with Crippen LogP contribution in [0.25, 0.3) is 0 Å². The summed E-state index contributed by atoms with van der Waals surface area (Å²) in [6.45, 7) is 4.60. The number of aliphatic hydroxyl groups is 3. The van der Waals surface area contributed by atoms with Gasteiger partial charge < -0.3 is 15.3 Å². The smallest absolute Gasteiger partial charge is 0.0924 e. The van der Waals surface area contributed by atoms with Crippen LogP contribution in [0.2, 0.25) is 0 Å². The fourth-order valence-corrected chi connectivity index (χ4v) is 6.73. The molecule has 3 saturated carbocycles. The minimum Gasteiger partial charge on any atom is -0.512 e. The van der Waals surface area contributed by atoms with Gasteiger partial charge in [-0.15, -0.1) is 0 Å². The Hall–Kier alpha value is -0.540. The van der Waals surface area contributed by atoms with E-state index in [0.717, 1.165) is 50.5 Å². The van der Waals surface area contributed by atoms with Crippen LogP contribution in [0.4, 0.5) is 0 Å². The van der Waals surface area contributed by atoms with E-state index in [4.69, 9.17) is 0 Å². The summed E-state index contributed by atoms with van der Waals surface area (Å²) in [5.74, 6) is 2.25. The molecule has 0 spiro atoms. The van der Waals surface area contributed by atoms with Crippen molar-refractivity contribution in [1.82, 2.24) is 0 Å². The van der Waals surface area contributed by atoms with Gasteiger partial charge in [-0.2, -0.15) is 0 Å². The van der Waals surface area contributed by atoms with Gasteiger partial charge in [-0.05, 0) is 79.1 Å². The first kappa shape index (κ1) is 15.0. The van der Waals surface area contributed by atoms with Gasteiger partial charge in [-0.25, -0.2) is 0 Å². The summed E-state index contributed by atoms with van der Waals surface area (Å²) < 4.78 is 0. The van der Waals surface area contributed by atoms with Crippen LogP contribution in [0, 0.1) is 28.6 Å². The quantitative estimate of drug-likeness (QED) is 0.641. The largest absolute Gasteiger partial charge is 0.512 e. The van der Waals surface area contributed by atoms with Gasteiger partial charge in [0.2, 0.25) is 0 Å². The topological polar surface area (TPSA) is 60.7 Å². The number of hydrogen-bond acceptors (Lipinski definition) is 3. The minimum absolute atomic E-state index is 0.0590. The lowest BCUT2D eigenvalue weighted by molar-refractivity contribution is -0.0785. The maximum absolute atomic E-state index is 10.7. The van der Waals surface area contributed by atoms with Gasteiger partial charge in [0, 0.05) is 6.42 Å². The SMILES string of the molecule is C[C@]12CC[C@H]3[C@@H](CC(O)=C4C[C@@H](O)CC[C@@]43C)[C@@H]1CC[C@H]2O. The van der Waals surface area contributed by atoms with Gasteiger partial charge >= 0.3 is 0 Å². The van der Waals surface area contributed by atoms with Crippen molar-refractivity contribution in [3.8, 4) is 0 Å². The van der Waals surface area contributed by atoms with Crippen molar-refractivity contribution in [3.63, 3.8) is 0 Å². The standard InChI is InChI=1S/C19H30O3/c1-18-7-5-11(20)9-15(18)16(21)10-12-13-3-4-17(22)19(13,2)8-6-14(12)18/h11-14,17,20-22H,3-10H2,1-2H3/t11-,12-,13-,14-,17+,18+,19-/m0/s1. The van der Waals surface area contributed by atoms with E-state index in [9.17, 15) is 15.3 Å². The fraction of sp³-hybridized carbons (Fsp3) is 0.895. The van der Waals surface area contributed by atoms with Gasteiger partial charge in [0.1, 0.15) is 0 Å². The number of allylic oxidation sites excluding steroid dienone is 1. The van der Waals surface area contributed by atoms with Gasteiger partial charge in [0.25, 0.3) is 0 Å². The van der Waals surface area contributed by atoms with Crippen molar-refractivity contribution in [2.75, 3.05) is 0 Å². The molecule has 3 N–H and O–H groups in total. The molecular formula is C19H30O3. The molecule has 0 bridgehead atoms. The highest BCUT2D eigenvalue weighted by molar-refractivity contribution is 5.28. The molecule has 4 aliphatic carbocycles. The highest BCUT2D eigenvalue weighted by Crippen LogP contribution is 2.65. The number of rotatable bonds is 0. The van der Waals surface area contributed by atoms with Crippen LogP contribution in [0.5, 0.6) is 0 Å². The molecule has 0 aromatic carbocycles. The Balaban J connectivity index is 1.73. The Labute approximate surface area is 133 Å². The molecular weight excluding hydrogens is 276 g/mol. The third-order valence-corrected chi connectivity index (χ3v) is 8.11. The van der Waals surface area contributed by atoms with E-state index in [2.05, 4.69) is 13.8 Å². The van der Waals surface area contributed by atoms with Crippen LogP contribution in [0.1, 0.15) is 65.2 Å². The monoisotopic (exact) mass is 306 g/mol. The maximum Gasteiger partial charge on any atom is 0.0924 e. The summed E-state index contributed by atoms with van der Waals surface area (Å²) in [7, 11) is 0. The van der Waals surface area contributed by atoms with Crippen molar-refractivity contribution in [3.05, 3.63) is 11.3 Å². The lowest BCUT2D eigenvalue weighted by atomic mass is 9.47. The molecule has 4 rings (SSSR count). The Bertz CT molecular complexity index is 513. The molecule has 4 aliphatic rings. The van der Waals surface area contributed by atoms with Crippen LogP contribution in [0.3, 0.4) is 0 Å². The summed E-state index contributed by atoms with van der Waals surface area (Å²) >= 11 is 0. The zero-order valence-corrected chi connectivity index (χ0v) is 13.9. The lowest BCUT2D eigenvalue weighted by Crippen LogP contribution is -2.52. The van der Waals surface area contributed by atoms with Crippen LogP contribution in [-0.4, -0.2) is 27.5 Å².